The van der Waals surface area contributed by atoms with Crippen LogP contribution in [0.25, 0.3) is 0 Å². The molecule has 0 bridgehead atoms. The largest absolute Gasteiger partial charge is 0.257 e. The van der Waals surface area contributed by atoms with E-state index in [4.69, 9.17) is 34.8 Å². The van der Waals surface area contributed by atoms with Gasteiger partial charge in [0.05, 0.1) is 0 Å². The first kappa shape index (κ1) is 8.79. The fourth-order valence-corrected chi connectivity index (χ4v) is 0.389. The van der Waals surface area contributed by atoms with Crippen LogP contribution in [0.15, 0.2) is 0 Å². The Morgan fingerprint density at radius 2 is 1.88 bits per heavy atom. The van der Waals surface area contributed by atoms with Crippen LogP contribution in [-0.4, -0.2) is 10.5 Å². The van der Waals surface area contributed by atoms with Crippen molar-refractivity contribution in [2.75, 3.05) is 6.54 Å². The zero-order valence-electron chi connectivity index (χ0n) is 4.34. The van der Waals surface area contributed by atoms with Gasteiger partial charge in [-0.15, -0.1) is 0 Å². The summed E-state index contributed by atoms with van der Waals surface area (Å²) in [6.07, 6.45) is 0. The number of alkyl halides is 3. The van der Waals surface area contributed by atoms with Gasteiger partial charge >= 0.3 is 0 Å². The fourth-order valence-electron chi connectivity index (χ4n) is 0.189. The molecule has 0 heterocycles. The Kier molecular flexibility index (Phi) is 4.12. The van der Waals surface area contributed by atoms with Crippen LogP contribution in [0.4, 0.5) is 0 Å². The highest BCUT2D eigenvalue weighted by molar-refractivity contribution is 6.67. The molecule has 0 aromatic heterocycles. The summed E-state index contributed by atoms with van der Waals surface area (Å²) in [6.45, 7) is 2.61. The quantitative estimate of drug-likeness (QED) is 0.379. The van der Waals surface area contributed by atoms with Crippen LogP contribution in [0.3, 0.4) is 0 Å². The van der Waals surface area contributed by atoms with Crippen molar-refractivity contribution in [1.82, 2.24) is 10.9 Å². The molecule has 2 N–H and O–H groups in total. The number of nitrogens with one attached hydrogen (secondary N) is 2. The van der Waals surface area contributed by atoms with E-state index in [1.54, 1.807) is 0 Å². The Labute approximate surface area is 63.4 Å². The van der Waals surface area contributed by atoms with Crippen molar-refractivity contribution in [3.63, 3.8) is 0 Å². The number of rotatable bonds is 2. The molecular weight excluding hydrogens is 170 g/mol. The van der Waals surface area contributed by atoms with Gasteiger partial charge in [-0.2, -0.15) is 0 Å². The SMILES string of the molecule is CCNNC(Cl)(Cl)Cl. The third-order valence-corrected chi connectivity index (χ3v) is 0.690. The number of hydrogen-bond acceptors (Lipinski definition) is 2. The first-order chi connectivity index (χ1) is 3.56. The molecule has 0 fully saturated rings. The van der Waals surface area contributed by atoms with Gasteiger partial charge in [-0.3, -0.25) is 5.43 Å². The second-order valence-electron chi connectivity index (χ2n) is 1.15. The fraction of sp³-hybridized carbons (Fsp3) is 1.00. The minimum atomic E-state index is -1.39. The van der Waals surface area contributed by atoms with E-state index in [0.717, 1.165) is 0 Å². The molecule has 0 rings (SSSR count). The van der Waals surface area contributed by atoms with Crippen LogP contribution < -0.4 is 10.9 Å². The molecule has 0 aliphatic rings. The van der Waals surface area contributed by atoms with Gasteiger partial charge in [-0.05, 0) is 0 Å². The zero-order chi connectivity index (χ0) is 6.62. The predicted molar refractivity (Wildman–Crippen MR) is 37.1 cm³/mol. The summed E-state index contributed by atoms with van der Waals surface area (Å²) >= 11 is 15.8. The topological polar surface area (TPSA) is 24.1 Å². The van der Waals surface area contributed by atoms with Gasteiger partial charge in [0.2, 0.25) is 0 Å². The highest BCUT2D eigenvalue weighted by Gasteiger charge is 2.16. The highest BCUT2D eigenvalue weighted by Crippen LogP contribution is 2.20. The predicted octanol–water partition coefficient (Wildman–Crippen LogP) is 1.43. The van der Waals surface area contributed by atoms with Crippen molar-refractivity contribution in [3.8, 4) is 0 Å². The van der Waals surface area contributed by atoms with Gasteiger partial charge in [0, 0.05) is 6.54 Å². The van der Waals surface area contributed by atoms with Crippen LogP contribution in [0.5, 0.6) is 0 Å². The Hall–Kier alpha value is 0.790. The second-order valence-corrected chi connectivity index (χ2v) is 3.43. The molecule has 50 valence electrons. The lowest BCUT2D eigenvalue weighted by Gasteiger charge is -2.11. The molecule has 2 nitrogen and oxygen atoms in total. The summed E-state index contributed by atoms with van der Waals surface area (Å²) < 4.78 is -1.39. The Balaban J connectivity index is 3.11. The maximum Gasteiger partial charge on any atom is 0.257 e. The molecule has 0 saturated carbocycles. The van der Waals surface area contributed by atoms with Crippen molar-refractivity contribution in [1.29, 1.82) is 0 Å². The number of halogens is 3. The van der Waals surface area contributed by atoms with Gasteiger partial charge in [0.25, 0.3) is 3.92 Å². The maximum atomic E-state index is 5.27. The summed E-state index contributed by atoms with van der Waals surface area (Å²) in [5.41, 5.74) is 5.06. The monoisotopic (exact) mass is 176 g/mol. The van der Waals surface area contributed by atoms with E-state index in [2.05, 4.69) is 10.9 Å². The van der Waals surface area contributed by atoms with Crippen molar-refractivity contribution in [2.24, 2.45) is 0 Å². The average Bonchev–Trinajstić information content (AvgIpc) is 1.59. The van der Waals surface area contributed by atoms with Crippen molar-refractivity contribution < 1.29 is 0 Å². The molecule has 8 heavy (non-hydrogen) atoms. The molecule has 5 heteroatoms. The summed E-state index contributed by atoms with van der Waals surface area (Å²) in [7, 11) is 0. The van der Waals surface area contributed by atoms with Crippen molar-refractivity contribution in [3.05, 3.63) is 0 Å². The van der Waals surface area contributed by atoms with E-state index in [9.17, 15) is 0 Å². The molecule has 0 aromatic carbocycles. The van der Waals surface area contributed by atoms with Gasteiger partial charge in [-0.1, -0.05) is 41.7 Å². The lowest BCUT2D eigenvalue weighted by molar-refractivity contribution is 0.563. The minimum absolute atomic E-state index is 0.716. The van der Waals surface area contributed by atoms with Crippen LogP contribution in [0.1, 0.15) is 6.92 Å². The summed E-state index contributed by atoms with van der Waals surface area (Å²) in [4.78, 5) is 0. The van der Waals surface area contributed by atoms with Crippen LogP contribution in [0, 0.1) is 0 Å². The number of hydrazine groups is 1. The molecule has 0 radical (unpaired) electrons. The highest BCUT2D eigenvalue weighted by atomic mass is 35.6. The van der Waals surface area contributed by atoms with Gasteiger partial charge in [0.1, 0.15) is 0 Å². The summed E-state index contributed by atoms with van der Waals surface area (Å²) in [6, 6.07) is 0. The summed E-state index contributed by atoms with van der Waals surface area (Å²) in [5.74, 6) is 0. The molecular formula is C3H7Cl3N2. The van der Waals surface area contributed by atoms with E-state index in [-0.39, 0.29) is 0 Å². The van der Waals surface area contributed by atoms with Crippen molar-refractivity contribution in [2.45, 2.75) is 10.8 Å². The standard InChI is InChI=1S/C3H7Cl3N2/c1-2-7-8-3(4,5)6/h7-8H,2H2,1H3. The van der Waals surface area contributed by atoms with E-state index in [1.807, 2.05) is 6.92 Å². The normalized spacial score (nSPS) is 12.0. The smallest absolute Gasteiger partial charge is 0.255 e. The lowest BCUT2D eigenvalue weighted by atomic mass is 10.8. The van der Waals surface area contributed by atoms with E-state index < -0.39 is 3.92 Å². The second kappa shape index (κ2) is 3.75. The Bertz CT molecular complexity index is 60.0. The van der Waals surface area contributed by atoms with E-state index >= 15 is 0 Å². The van der Waals surface area contributed by atoms with E-state index in [0.29, 0.717) is 6.54 Å². The minimum Gasteiger partial charge on any atom is -0.255 e. The average molecular weight is 177 g/mol. The molecule has 0 saturated heterocycles. The van der Waals surface area contributed by atoms with Crippen LogP contribution >= 0.6 is 34.8 Å². The zero-order valence-corrected chi connectivity index (χ0v) is 6.61. The first-order valence-corrected chi connectivity index (χ1v) is 3.26. The van der Waals surface area contributed by atoms with Crippen molar-refractivity contribution >= 4 is 34.8 Å². The van der Waals surface area contributed by atoms with Crippen LogP contribution in [-0.2, 0) is 0 Å². The summed E-state index contributed by atoms with van der Waals surface area (Å²) in [5, 5.41) is 0. The van der Waals surface area contributed by atoms with Gasteiger partial charge < -0.3 is 0 Å². The first-order valence-electron chi connectivity index (χ1n) is 2.13. The Morgan fingerprint density at radius 3 is 2.00 bits per heavy atom. The third kappa shape index (κ3) is 6.79. The molecule has 0 aromatic rings. The number of hydrogen-bond donors (Lipinski definition) is 2. The van der Waals surface area contributed by atoms with Gasteiger partial charge in [-0.25, -0.2) is 5.43 Å². The lowest BCUT2D eigenvalue weighted by Crippen LogP contribution is -2.40. The maximum absolute atomic E-state index is 5.27. The third-order valence-electron chi connectivity index (χ3n) is 0.407. The van der Waals surface area contributed by atoms with E-state index in [1.165, 1.54) is 0 Å². The molecule has 0 aliphatic carbocycles. The van der Waals surface area contributed by atoms with Crippen LogP contribution in [0.2, 0.25) is 0 Å². The molecule has 0 atom stereocenters. The molecule has 0 spiro atoms. The Morgan fingerprint density at radius 1 is 1.38 bits per heavy atom. The molecule has 0 aliphatic heterocycles. The van der Waals surface area contributed by atoms with Gasteiger partial charge in [0.15, 0.2) is 0 Å². The molecule has 0 unspecified atom stereocenters. The molecule has 0 amide bonds.